The molecular formula is C26H29N3O3S. The number of hydrogen-bond acceptors (Lipinski definition) is 4. The van der Waals surface area contributed by atoms with Crippen LogP contribution in [-0.2, 0) is 21.2 Å². The number of carbonyl (C=O) groups is 1. The molecule has 2 heterocycles. The number of aryl methyl sites for hydroxylation is 2. The molecule has 2 aromatic carbocycles. The Morgan fingerprint density at radius 1 is 0.970 bits per heavy atom. The lowest BCUT2D eigenvalue weighted by Gasteiger charge is -2.19. The van der Waals surface area contributed by atoms with Crippen molar-refractivity contribution in [2.75, 3.05) is 18.0 Å². The summed E-state index contributed by atoms with van der Waals surface area (Å²) in [7, 11) is -3.71. The van der Waals surface area contributed by atoms with Crippen LogP contribution in [0.15, 0.2) is 53.7 Å². The number of fused-ring (bicyclic) bond motifs is 1. The molecule has 172 valence electrons. The van der Waals surface area contributed by atoms with Crippen LogP contribution in [0.25, 0.3) is 11.1 Å². The van der Waals surface area contributed by atoms with Gasteiger partial charge in [-0.1, -0.05) is 12.1 Å². The van der Waals surface area contributed by atoms with Crippen LogP contribution in [0.4, 0.5) is 5.69 Å². The van der Waals surface area contributed by atoms with Gasteiger partial charge in [0, 0.05) is 37.6 Å². The lowest BCUT2D eigenvalue weighted by atomic mass is 10.0. The van der Waals surface area contributed by atoms with E-state index in [1.807, 2.05) is 58.0 Å². The minimum Gasteiger partial charge on any atom is -0.312 e. The Labute approximate surface area is 195 Å². The molecule has 4 rings (SSSR count). The molecule has 0 spiro atoms. The van der Waals surface area contributed by atoms with Crippen molar-refractivity contribution in [2.24, 2.45) is 0 Å². The maximum absolute atomic E-state index is 13.0. The smallest absolute Gasteiger partial charge is 0.241 e. The average Bonchev–Trinajstić information content (AvgIpc) is 3.21. The number of hydrogen-bond donors (Lipinski definition) is 1. The Bertz CT molecular complexity index is 1290. The van der Waals surface area contributed by atoms with E-state index in [0.717, 1.165) is 51.1 Å². The van der Waals surface area contributed by atoms with E-state index in [4.69, 9.17) is 0 Å². The SMILES string of the molecule is Cc1cc(C)c(C)c(S(=O)(=O)NCCC(=O)N2CCc3cc(-c4ccncc4)ccc32)c1C. The number of pyridine rings is 1. The predicted octanol–water partition coefficient (Wildman–Crippen LogP) is 4.24. The zero-order valence-corrected chi connectivity index (χ0v) is 20.3. The van der Waals surface area contributed by atoms with Crippen LogP contribution in [0.3, 0.4) is 0 Å². The second-order valence-electron chi connectivity index (χ2n) is 8.61. The van der Waals surface area contributed by atoms with E-state index in [-0.39, 0.29) is 18.9 Å². The highest BCUT2D eigenvalue weighted by atomic mass is 32.2. The number of aromatic nitrogens is 1. The molecule has 7 heteroatoms. The molecule has 0 saturated heterocycles. The van der Waals surface area contributed by atoms with Gasteiger partial charge in [-0.25, -0.2) is 13.1 Å². The summed E-state index contributed by atoms with van der Waals surface area (Å²) in [5, 5.41) is 0. The van der Waals surface area contributed by atoms with Gasteiger partial charge in [0.2, 0.25) is 15.9 Å². The first-order chi connectivity index (χ1) is 15.7. The van der Waals surface area contributed by atoms with Gasteiger partial charge in [-0.15, -0.1) is 0 Å². The summed E-state index contributed by atoms with van der Waals surface area (Å²) in [5.41, 5.74) is 7.58. The molecule has 33 heavy (non-hydrogen) atoms. The molecule has 0 bridgehead atoms. The minimum absolute atomic E-state index is 0.0635. The molecule has 6 nitrogen and oxygen atoms in total. The van der Waals surface area contributed by atoms with Crippen LogP contribution in [-0.4, -0.2) is 32.4 Å². The molecule has 0 aliphatic carbocycles. The number of carbonyl (C=O) groups excluding carboxylic acids is 1. The first-order valence-corrected chi connectivity index (χ1v) is 12.6. The molecule has 0 saturated carbocycles. The Morgan fingerprint density at radius 3 is 2.30 bits per heavy atom. The maximum atomic E-state index is 13.0. The number of anilines is 1. The van der Waals surface area contributed by atoms with Crippen molar-refractivity contribution in [3.8, 4) is 11.1 Å². The summed E-state index contributed by atoms with van der Waals surface area (Å²) in [5.74, 6) is -0.0815. The number of benzene rings is 2. The van der Waals surface area contributed by atoms with E-state index < -0.39 is 10.0 Å². The number of sulfonamides is 1. The lowest BCUT2D eigenvalue weighted by Crippen LogP contribution is -2.34. The molecule has 0 fully saturated rings. The van der Waals surface area contributed by atoms with Crippen LogP contribution >= 0.6 is 0 Å². The highest BCUT2D eigenvalue weighted by molar-refractivity contribution is 7.89. The summed E-state index contributed by atoms with van der Waals surface area (Å²) in [6, 6.07) is 12.0. The topological polar surface area (TPSA) is 79.4 Å². The van der Waals surface area contributed by atoms with Gasteiger partial charge in [-0.2, -0.15) is 0 Å². The van der Waals surface area contributed by atoms with Crippen molar-refractivity contribution in [3.63, 3.8) is 0 Å². The highest BCUT2D eigenvalue weighted by Gasteiger charge is 2.26. The summed E-state index contributed by atoms with van der Waals surface area (Å²) in [4.78, 5) is 19.0. The summed E-state index contributed by atoms with van der Waals surface area (Å²) < 4.78 is 28.7. The Hall–Kier alpha value is -3.03. The number of rotatable bonds is 6. The van der Waals surface area contributed by atoms with Crippen LogP contribution in [0, 0.1) is 27.7 Å². The second kappa shape index (κ2) is 9.08. The monoisotopic (exact) mass is 463 g/mol. The van der Waals surface area contributed by atoms with E-state index in [9.17, 15) is 13.2 Å². The highest BCUT2D eigenvalue weighted by Crippen LogP contribution is 2.32. The molecule has 1 amide bonds. The Kier molecular flexibility index (Phi) is 6.36. The van der Waals surface area contributed by atoms with E-state index in [2.05, 4.69) is 15.8 Å². The molecule has 0 unspecified atom stereocenters. The molecule has 0 radical (unpaired) electrons. The molecule has 3 aromatic rings. The van der Waals surface area contributed by atoms with Crippen molar-refractivity contribution < 1.29 is 13.2 Å². The van der Waals surface area contributed by atoms with Gasteiger partial charge >= 0.3 is 0 Å². The van der Waals surface area contributed by atoms with Crippen LogP contribution < -0.4 is 9.62 Å². The number of amides is 1. The van der Waals surface area contributed by atoms with E-state index >= 15 is 0 Å². The molecule has 1 aliphatic heterocycles. The van der Waals surface area contributed by atoms with E-state index in [1.165, 1.54) is 0 Å². The minimum atomic E-state index is -3.71. The Balaban J connectivity index is 1.44. The Morgan fingerprint density at radius 2 is 1.64 bits per heavy atom. The quantitative estimate of drug-likeness (QED) is 0.593. The zero-order chi connectivity index (χ0) is 23.8. The van der Waals surface area contributed by atoms with Gasteiger partial charge in [0.1, 0.15) is 0 Å². The van der Waals surface area contributed by atoms with Gasteiger partial charge in [0.25, 0.3) is 0 Å². The molecule has 0 atom stereocenters. The zero-order valence-electron chi connectivity index (χ0n) is 19.5. The lowest BCUT2D eigenvalue weighted by molar-refractivity contribution is -0.118. The first kappa shape index (κ1) is 23.1. The third kappa shape index (κ3) is 4.56. The first-order valence-electron chi connectivity index (χ1n) is 11.1. The normalized spacial score (nSPS) is 13.3. The second-order valence-corrected chi connectivity index (χ2v) is 10.3. The maximum Gasteiger partial charge on any atom is 0.241 e. The van der Waals surface area contributed by atoms with Crippen LogP contribution in [0.5, 0.6) is 0 Å². The van der Waals surface area contributed by atoms with Crippen molar-refractivity contribution in [2.45, 2.75) is 45.4 Å². The molecule has 1 aromatic heterocycles. The van der Waals surface area contributed by atoms with Gasteiger partial charge in [0.05, 0.1) is 4.90 Å². The fourth-order valence-corrected chi connectivity index (χ4v) is 6.11. The van der Waals surface area contributed by atoms with Crippen molar-refractivity contribution >= 4 is 21.6 Å². The number of nitrogens with one attached hydrogen (secondary N) is 1. The standard InChI is InChI=1S/C26H29N3O3S/c1-17-15-18(2)20(4)26(19(17)3)33(31,32)28-13-9-25(30)29-14-10-23-16-22(5-6-24(23)29)21-7-11-27-12-8-21/h5-8,11-12,15-16,28H,9-10,13-14H2,1-4H3. The number of nitrogens with zero attached hydrogens (tertiary/aromatic N) is 2. The predicted molar refractivity (Wildman–Crippen MR) is 131 cm³/mol. The fraction of sp³-hybridized carbons (Fsp3) is 0.308. The van der Waals surface area contributed by atoms with Crippen LogP contribution in [0.2, 0.25) is 0 Å². The molecular weight excluding hydrogens is 434 g/mol. The van der Waals surface area contributed by atoms with Gasteiger partial charge in [-0.05, 0) is 97.3 Å². The third-order valence-electron chi connectivity index (χ3n) is 6.49. The largest absolute Gasteiger partial charge is 0.312 e. The average molecular weight is 464 g/mol. The summed E-state index contributed by atoms with van der Waals surface area (Å²) in [6.07, 6.45) is 4.42. The van der Waals surface area contributed by atoms with Gasteiger partial charge in [0.15, 0.2) is 0 Å². The summed E-state index contributed by atoms with van der Waals surface area (Å²) >= 11 is 0. The van der Waals surface area contributed by atoms with E-state index in [1.54, 1.807) is 17.3 Å². The van der Waals surface area contributed by atoms with Crippen LogP contribution in [0.1, 0.15) is 34.2 Å². The van der Waals surface area contributed by atoms with Gasteiger partial charge < -0.3 is 4.90 Å². The molecule has 1 aliphatic rings. The fourth-order valence-electron chi connectivity index (χ4n) is 4.47. The van der Waals surface area contributed by atoms with Gasteiger partial charge in [-0.3, -0.25) is 9.78 Å². The molecule has 1 N–H and O–H groups in total. The van der Waals surface area contributed by atoms with E-state index in [0.29, 0.717) is 11.4 Å². The van der Waals surface area contributed by atoms with Crippen molar-refractivity contribution in [3.05, 3.63) is 76.6 Å². The third-order valence-corrected chi connectivity index (χ3v) is 8.22. The van der Waals surface area contributed by atoms with Crippen molar-refractivity contribution in [1.29, 1.82) is 0 Å². The summed E-state index contributed by atoms with van der Waals surface area (Å²) in [6.45, 7) is 8.14. The van der Waals surface area contributed by atoms with Crippen molar-refractivity contribution in [1.82, 2.24) is 9.71 Å².